The predicted octanol–water partition coefficient (Wildman–Crippen LogP) is 6.97. The molecule has 1 aliphatic rings. The number of thiazole rings is 1. The number of carbonyl (C=O) groups excluding carboxylic acids is 1. The second kappa shape index (κ2) is 15.5. The number of fused-ring (bicyclic) bond motifs is 1. The van der Waals surface area contributed by atoms with Crippen LogP contribution in [0, 0.1) is 10.1 Å². The number of nitro groups is 1. The first-order valence-corrected chi connectivity index (χ1v) is 17.9. The van der Waals surface area contributed by atoms with Crippen LogP contribution < -0.4 is 29.1 Å². The number of hydrogen-bond donors (Lipinski definition) is 0. The van der Waals surface area contributed by atoms with E-state index in [1.165, 1.54) is 42.3 Å². The molecule has 0 spiro atoms. The van der Waals surface area contributed by atoms with Crippen molar-refractivity contribution in [1.29, 1.82) is 0 Å². The Morgan fingerprint density at radius 2 is 1.67 bits per heavy atom. The number of ether oxygens (including phenoxy) is 4. The van der Waals surface area contributed by atoms with Crippen molar-refractivity contribution in [2.75, 3.05) is 20.8 Å². The highest BCUT2D eigenvalue weighted by atomic mass is 79.9. The van der Waals surface area contributed by atoms with Crippen molar-refractivity contribution in [1.82, 2.24) is 4.57 Å². The van der Waals surface area contributed by atoms with E-state index in [9.17, 15) is 19.7 Å². The number of halogens is 2. The van der Waals surface area contributed by atoms with E-state index in [1.807, 2.05) is 42.5 Å². The van der Waals surface area contributed by atoms with Gasteiger partial charge in [-0.1, -0.05) is 47.7 Å². The van der Waals surface area contributed by atoms with Crippen molar-refractivity contribution in [3.05, 3.63) is 152 Å². The number of non-ortho nitro benzene ring substituents is 1. The average molecular weight is 836 g/mol. The molecule has 0 radical (unpaired) electrons. The molecule has 1 aromatic heterocycles. The van der Waals surface area contributed by atoms with E-state index in [0.717, 1.165) is 5.56 Å². The van der Waals surface area contributed by atoms with E-state index < -0.39 is 16.9 Å². The molecule has 51 heavy (non-hydrogen) atoms. The Bertz CT molecular complexity index is 2330. The number of esters is 1. The Morgan fingerprint density at radius 3 is 2.29 bits per heavy atom. The van der Waals surface area contributed by atoms with Gasteiger partial charge in [-0.05, 0) is 97.9 Å². The van der Waals surface area contributed by atoms with Crippen molar-refractivity contribution in [3.63, 3.8) is 0 Å². The highest BCUT2D eigenvalue weighted by molar-refractivity contribution is 9.11. The standard InChI is InChI=1S/C37H29Br2N3O8S/c1-4-49-36(44)31-32(23-8-6-5-7-9-23)40-37-41(33(31)24-12-15-28(47-2)29(19-24)48-3)35(43)30(51-37)18-22-16-26(38)34(27(39)17-22)50-20-21-10-13-25(14-11-21)42(45)46/h5-19,33H,4,20H2,1-3H3/b30-18-/t33-/m1/s1. The molecule has 0 aliphatic carbocycles. The predicted molar refractivity (Wildman–Crippen MR) is 200 cm³/mol. The quantitative estimate of drug-likeness (QED) is 0.0793. The van der Waals surface area contributed by atoms with Gasteiger partial charge in [0.15, 0.2) is 16.3 Å². The number of nitrogens with zero attached hydrogens (tertiary/aromatic N) is 3. The van der Waals surface area contributed by atoms with Gasteiger partial charge in [-0.2, -0.15) is 0 Å². The SMILES string of the molecule is CCOC(=O)C1=C(c2ccccc2)N=c2s/c(=C\c3cc(Br)c(OCc4ccc([N+](=O)[O-])cc4)c(Br)c3)c(=O)n2[C@@H]1c1ccc(OC)c(OC)c1. The molecule has 2 heterocycles. The third kappa shape index (κ3) is 7.39. The van der Waals surface area contributed by atoms with Gasteiger partial charge in [-0.15, -0.1) is 0 Å². The summed E-state index contributed by atoms with van der Waals surface area (Å²) in [6.07, 6.45) is 1.75. The first-order chi connectivity index (χ1) is 24.6. The number of carbonyl (C=O) groups is 1. The molecule has 0 amide bonds. The lowest BCUT2D eigenvalue weighted by Gasteiger charge is -2.26. The van der Waals surface area contributed by atoms with Crippen LogP contribution in [0.15, 0.2) is 109 Å². The maximum absolute atomic E-state index is 14.4. The minimum absolute atomic E-state index is 0.000744. The maximum Gasteiger partial charge on any atom is 0.338 e. The smallest absolute Gasteiger partial charge is 0.338 e. The summed E-state index contributed by atoms with van der Waals surface area (Å²) in [4.78, 5) is 44.0. The van der Waals surface area contributed by atoms with E-state index in [4.69, 9.17) is 23.9 Å². The number of nitro benzene ring substituents is 1. The Morgan fingerprint density at radius 1 is 0.980 bits per heavy atom. The molecule has 0 saturated heterocycles. The average Bonchev–Trinajstić information content (AvgIpc) is 3.44. The minimum Gasteiger partial charge on any atom is -0.493 e. The number of benzene rings is 4. The fourth-order valence-corrected chi connectivity index (χ4v) is 8.05. The van der Waals surface area contributed by atoms with Gasteiger partial charge in [0, 0.05) is 17.7 Å². The normalized spacial score (nSPS) is 14.1. The summed E-state index contributed by atoms with van der Waals surface area (Å²) < 4.78 is 25.8. The van der Waals surface area contributed by atoms with Crippen LogP contribution in [0.4, 0.5) is 5.69 Å². The molecule has 1 aliphatic heterocycles. The van der Waals surface area contributed by atoms with E-state index in [1.54, 1.807) is 43.3 Å². The van der Waals surface area contributed by atoms with Crippen LogP contribution in [0.3, 0.4) is 0 Å². The van der Waals surface area contributed by atoms with Crippen molar-refractivity contribution in [2.45, 2.75) is 19.6 Å². The molecule has 1 atom stereocenters. The van der Waals surface area contributed by atoms with Crippen LogP contribution in [0.25, 0.3) is 11.8 Å². The van der Waals surface area contributed by atoms with E-state index >= 15 is 0 Å². The zero-order chi connectivity index (χ0) is 36.2. The lowest BCUT2D eigenvalue weighted by molar-refractivity contribution is -0.384. The summed E-state index contributed by atoms with van der Waals surface area (Å²) in [5, 5.41) is 11.0. The summed E-state index contributed by atoms with van der Waals surface area (Å²) in [5.41, 5.74) is 3.02. The van der Waals surface area contributed by atoms with E-state index in [2.05, 4.69) is 31.9 Å². The Kier molecular flexibility index (Phi) is 10.8. The molecule has 11 nitrogen and oxygen atoms in total. The van der Waals surface area contributed by atoms with E-state index in [0.29, 0.717) is 57.9 Å². The van der Waals surface area contributed by atoms with Crippen LogP contribution in [-0.4, -0.2) is 36.3 Å². The fourth-order valence-electron chi connectivity index (χ4n) is 5.60. The molecule has 0 saturated carbocycles. The first kappa shape index (κ1) is 35.8. The van der Waals surface area contributed by atoms with Gasteiger partial charge in [-0.25, -0.2) is 9.79 Å². The summed E-state index contributed by atoms with van der Waals surface area (Å²) in [5.74, 6) is 0.859. The zero-order valence-electron chi connectivity index (χ0n) is 27.4. The molecular formula is C37H29Br2N3O8S. The second-order valence-electron chi connectivity index (χ2n) is 11.1. The summed E-state index contributed by atoms with van der Waals surface area (Å²) in [6, 6.07) is 23.5. The molecule has 5 aromatic rings. The maximum atomic E-state index is 14.4. The highest BCUT2D eigenvalue weighted by Gasteiger charge is 2.35. The van der Waals surface area contributed by atoms with Crippen LogP contribution in [0.5, 0.6) is 17.2 Å². The Balaban J connectivity index is 1.46. The molecule has 0 fully saturated rings. The number of rotatable bonds is 11. The molecule has 6 rings (SSSR count). The molecular weight excluding hydrogens is 806 g/mol. The third-order valence-electron chi connectivity index (χ3n) is 7.95. The van der Waals surface area contributed by atoms with Crippen LogP contribution >= 0.6 is 43.2 Å². The van der Waals surface area contributed by atoms with Gasteiger partial charge >= 0.3 is 5.97 Å². The Hall–Kier alpha value is -5.05. The number of methoxy groups -OCH3 is 2. The largest absolute Gasteiger partial charge is 0.493 e. The van der Waals surface area contributed by atoms with Gasteiger partial charge < -0.3 is 18.9 Å². The number of hydrogen-bond acceptors (Lipinski definition) is 10. The lowest BCUT2D eigenvalue weighted by Crippen LogP contribution is -2.40. The highest BCUT2D eigenvalue weighted by Crippen LogP contribution is 2.39. The van der Waals surface area contributed by atoms with Crippen molar-refractivity contribution >= 4 is 66.6 Å². The van der Waals surface area contributed by atoms with Crippen molar-refractivity contribution in [3.8, 4) is 17.2 Å². The monoisotopic (exact) mass is 833 g/mol. The fraction of sp³-hybridized carbons (Fsp3) is 0.162. The summed E-state index contributed by atoms with van der Waals surface area (Å²) >= 11 is 8.37. The molecule has 4 aromatic carbocycles. The lowest BCUT2D eigenvalue weighted by atomic mass is 9.93. The van der Waals surface area contributed by atoms with Gasteiger partial charge in [0.1, 0.15) is 12.4 Å². The molecule has 14 heteroatoms. The Labute approximate surface area is 312 Å². The van der Waals surface area contributed by atoms with Crippen molar-refractivity contribution in [2.24, 2.45) is 4.99 Å². The van der Waals surface area contributed by atoms with Gasteiger partial charge in [-0.3, -0.25) is 19.5 Å². The molecule has 0 bridgehead atoms. The number of aromatic nitrogens is 1. The van der Waals surface area contributed by atoms with Gasteiger partial charge in [0.25, 0.3) is 11.2 Å². The van der Waals surface area contributed by atoms with Gasteiger partial charge in [0.2, 0.25) is 0 Å². The van der Waals surface area contributed by atoms with Crippen molar-refractivity contribution < 1.29 is 28.7 Å². The van der Waals surface area contributed by atoms with Crippen LogP contribution in [0.2, 0.25) is 0 Å². The molecule has 260 valence electrons. The summed E-state index contributed by atoms with van der Waals surface area (Å²) in [6.45, 7) is 2.03. The minimum atomic E-state index is -0.897. The van der Waals surface area contributed by atoms with E-state index in [-0.39, 0.29) is 30.0 Å². The van der Waals surface area contributed by atoms with Crippen LogP contribution in [-0.2, 0) is 16.1 Å². The molecule has 0 N–H and O–H groups in total. The topological polar surface area (TPSA) is 131 Å². The third-order valence-corrected chi connectivity index (χ3v) is 10.1. The zero-order valence-corrected chi connectivity index (χ0v) is 31.4. The summed E-state index contributed by atoms with van der Waals surface area (Å²) in [7, 11) is 3.05. The van der Waals surface area contributed by atoms with Gasteiger partial charge in [0.05, 0.1) is 56.5 Å². The second-order valence-corrected chi connectivity index (χ2v) is 13.8. The first-order valence-electron chi connectivity index (χ1n) is 15.5. The van der Waals surface area contributed by atoms with Crippen LogP contribution in [0.1, 0.15) is 35.2 Å². The molecule has 0 unspecified atom stereocenters.